The molecule has 2 unspecified atom stereocenters. The van der Waals surface area contributed by atoms with Gasteiger partial charge in [0.25, 0.3) is 5.91 Å². The van der Waals surface area contributed by atoms with E-state index in [2.05, 4.69) is 10.3 Å². The molecule has 4 rings (SSSR count). The largest absolute Gasteiger partial charge is 0.354 e. The van der Waals surface area contributed by atoms with Gasteiger partial charge in [0.15, 0.2) is 0 Å². The fraction of sp³-hybridized carbons (Fsp3) is 0.208. The maximum atomic E-state index is 13.9. The molecule has 1 saturated heterocycles. The van der Waals surface area contributed by atoms with Crippen LogP contribution in [-0.2, 0) is 11.2 Å². The SMILES string of the molecule is O=C(NCCc1ccccn1)C1CSC(c2cccc(F)c2)N1C(=O)c1cccc(F)c1. The Bertz CT molecular complexity index is 1110. The van der Waals surface area contributed by atoms with Gasteiger partial charge < -0.3 is 10.2 Å². The van der Waals surface area contributed by atoms with Gasteiger partial charge in [0.2, 0.25) is 5.91 Å². The fourth-order valence-corrected chi connectivity index (χ4v) is 5.04. The van der Waals surface area contributed by atoms with Crippen molar-refractivity contribution in [2.75, 3.05) is 12.3 Å². The molecule has 1 N–H and O–H groups in total. The van der Waals surface area contributed by atoms with Gasteiger partial charge >= 0.3 is 0 Å². The molecule has 8 heteroatoms. The van der Waals surface area contributed by atoms with Crippen LogP contribution < -0.4 is 5.32 Å². The van der Waals surface area contributed by atoms with Crippen LogP contribution in [0.4, 0.5) is 8.78 Å². The summed E-state index contributed by atoms with van der Waals surface area (Å²) in [5, 5.41) is 2.31. The number of nitrogens with zero attached hydrogens (tertiary/aromatic N) is 2. The molecule has 1 aliphatic rings. The Hall–Kier alpha value is -3.26. The van der Waals surface area contributed by atoms with Crippen LogP contribution in [0.15, 0.2) is 72.9 Å². The maximum Gasteiger partial charge on any atom is 0.255 e. The minimum absolute atomic E-state index is 0.139. The first kappa shape index (κ1) is 22.0. The molecule has 2 amide bonds. The first-order valence-corrected chi connectivity index (χ1v) is 11.2. The van der Waals surface area contributed by atoms with Crippen LogP contribution in [-0.4, -0.2) is 40.0 Å². The molecular weight excluding hydrogens is 432 g/mol. The molecule has 1 aromatic heterocycles. The van der Waals surface area contributed by atoms with Crippen molar-refractivity contribution in [2.24, 2.45) is 0 Å². The standard InChI is InChI=1S/C24H21F2N3O2S/c25-18-7-3-5-16(13-18)23(31)29-21(15-32-24(29)17-6-4-8-19(26)14-17)22(30)28-12-10-20-9-1-2-11-27-20/h1-9,11,13-14,21,24H,10,12,15H2,(H,28,30). The third-order valence-electron chi connectivity index (χ3n) is 5.15. The second kappa shape index (κ2) is 9.91. The fourth-order valence-electron chi connectivity index (χ4n) is 3.62. The zero-order chi connectivity index (χ0) is 22.5. The molecule has 0 saturated carbocycles. The van der Waals surface area contributed by atoms with Gasteiger partial charge in [-0.25, -0.2) is 8.78 Å². The van der Waals surface area contributed by atoms with Crippen molar-refractivity contribution < 1.29 is 18.4 Å². The van der Waals surface area contributed by atoms with Gasteiger partial charge in [-0.2, -0.15) is 0 Å². The van der Waals surface area contributed by atoms with E-state index in [-0.39, 0.29) is 11.5 Å². The molecule has 2 atom stereocenters. The first-order valence-electron chi connectivity index (χ1n) is 10.2. The smallest absolute Gasteiger partial charge is 0.255 e. The minimum atomic E-state index is -0.771. The molecule has 1 fully saturated rings. The van der Waals surface area contributed by atoms with E-state index >= 15 is 0 Å². The number of halogens is 2. The number of hydrogen-bond donors (Lipinski definition) is 1. The van der Waals surface area contributed by atoms with Crippen molar-refractivity contribution in [3.05, 3.63) is 101 Å². The van der Waals surface area contributed by atoms with E-state index in [4.69, 9.17) is 0 Å². The van der Waals surface area contributed by atoms with Crippen molar-refractivity contribution >= 4 is 23.6 Å². The van der Waals surface area contributed by atoms with Crippen molar-refractivity contribution in [1.82, 2.24) is 15.2 Å². The average molecular weight is 454 g/mol. The number of pyridine rings is 1. The molecule has 0 bridgehead atoms. The van der Waals surface area contributed by atoms with E-state index in [0.717, 1.165) is 11.8 Å². The van der Waals surface area contributed by atoms with Gasteiger partial charge in [-0.1, -0.05) is 24.3 Å². The molecule has 0 radical (unpaired) electrons. The number of rotatable bonds is 6. The third kappa shape index (κ3) is 4.96. The predicted octanol–water partition coefficient (Wildman–Crippen LogP) is 3.98. The first-order chi connectivity index (χ1) is 15.5. The molecule has 0 spiro atoms. The minimum Gasteiger partial charge on any atom is -0.354 e. The quantitative estimate of drug-likeness (QED) is 0.614. The van der Waals surface area contributed by atoms with Gasteiger partial charge in [0, 0.05) is 36.2 Å². The van der Waals surface area contributed by atoms with Crippen molar-refractivity contribution in [3.63, 3.8) is 0 Å². The Morgan fingerprint density at radius 3 is 2.53 bits per heavy atom. The lowest BCUT2D eigenvalue weighted by molar-refractivity contribution is -0.124. The molecular formula is C24H21F2N3O2S. The van der Waals surface area contributed by atoms with Crippen LogP contribution >= 0.6 is 11.8 Å². The van der Waals surface area contributed by atoms with Crippen LogP contribution in [0.1, 0.15) is 27.0 Å². The van der Waals surface area contributed by atoms with Gasteiger partial charge in [-0.05, 0) is 48.0 Å². The van der Waals surface area contributed by atoms with E-state index in [9.17, 15) is 18.4 Å². The normalized spacial score (nSPS) is 17.9. The zero-order valence-electron chi connectivity index (χ0n) is 17.1. The molecule has 2 heterocycles. The summed E-state index contributed by atoms with van der Waals surface area (Å²) >= 11 is 1.38. The van der Waals surface area contributed by atoms with Crippen LogP contribution in [0, 0.1) is 11.6 Å². The van der Waals surface area contributed by atoms with Crippen LogP contribution in [0.2, 0.25) is 0 Å². The Morgan fingerprint density at radius 1 is 1.03 bits per heavy atom. The number of carbonyl (C=O) groups is 2. The Balaban J connectivity index is 1.55. The summed E-state index contributed by atoms with van der Waals surface area (Å²) < 4.78 is 27.6. The van der Waals surface area contributed by atoms with Crippen molar-refractivity contribution in [1.29, 1.82) is 0 Å². The Kier molecular flexibility index (Phi) is 6.80. The molecule has 3 aromatic rings. The summed E-state index contributed by atoms with van der Waals surface area (Å²) in [6.45, 7) is 0.365. The monoisotopic (exact) mass is 453 g/mol. The van der Waals surface area contributed by atoms with Gasteiger partial charge in [0.1, 0.15) is 23.1 Å². The Morgan fingerprint density at radius 2 is 1.81 bits per heavy atom. The summed E-state index contributed by atoms with van der Waals surface area (Å²) in [7, 11) is 0. The number of nitrogens with one attached hydrogen (secondary N) is 1. The second-order valence-electron chi connectivity index (χ2n) is 7.34. The van der Waals surface area contributed by atoms with Crippen molar-refractivity contribution in [2.45, 2.75) is 17.8 Å². The molecule has 5 nitrogen and oxygen atoms in total. The van der Waals surface area contributed by atoms with E-state index in [0.29, 0.717) is 24.3 Å². The third-order valence-corrected chi connectivity index (χ3v) is 6.47. The van der Waals surface area contributed by atoms with Crippen molar-refractivity contribution in [3.8, 4) is 0 Å². The van der Waals surface area contributed by atoms with E-state index in [1.807, 2.05) is 18.2 Å². The summed E-state index contributed by atoms with van der Waals surface area (Å²) in [5.74, 6) is -1.41. The van der Waals surface area contributed by atoms with Crippen LogP contribution in [0.3, 0.4) is 0 Å². The molecule has 1 aliphatic heterocycles. The number of hydrogen-bond acceptors (Lipinski definition) is 4. The van der Waals surface area contributed by atoms with Crippen LogP contribution in [0.5, 0.6) is 0 Å². The Labute approximate surface area is 188 Å². The number of carbonyl (C=O) groups excluding carboxylic acids is 2. The number of amides is 2. The highest BCUT2D eigenvalue weighted by molar-refractivity contribution is 7.99. The predicted molar refractivity (Wildman–Crippen MR) is 119 cm³/mol. The second-order valence-corrected chi connectivity index (χ2v) is 8.45. The highest BCUT2D eigenvalue weighted by atomic mass is 32.2. The topological polar surface area (TPSA) is 62.3 Å². The molecule has 32 heavy (non-hydrogen) atoms. The van der Waals surface area contributed by atoms with E-state index in [1.165, 1.54) is 47.0 Å². The highest BCUT2D eigenvalue weighted by Crippen LogP contribution is 2.42. The summed E-state index contributed by atoms with van der Waals surface area (Å²) in [6.07, 6.45) is 2.24. The van der Waals surface area contributed by atoms with Gasteiger partial charge in [0.05, 0.1) is 0 Å². The molecule has 164 valence electrons. The number of aromatic nitrogens is 1. The zero-order valence-corrected chi connectivity index (χ0v) is 17.9. The van der Waals surface area contributed by atoms with Crippen LogP contribution in [0.25, 0.3) is 0 Å². The van der Waals surface area contributed by atoms with Gasteiger partial charge in [-0.3, -0.25) is 14.6 Å². The maximum absolute atomic E-state index is 13.9. The lowest BCUT2D eigenvalue weighted by Gasteiger charge is -2.29. The lowest BCUT2D eigenvalue weighted by atomic mass is 10.1. The van der Waals surface area contributed by atoms with E-state index in [1.54, 1.807) is 18.3 Å². The molecule has 2 aromatic carbocycles. The average Bonchev–Trinajstić information content (AvgIpc) is 3.24. The van der Waals surface area contributed by atoms with Gasteiger partial charge in [-0.15, -0.1) is 11.8 Å². The molecule has 0 aliphatic carbocycles. The number of thioether (sulfide) groups is 1. The summed E-state index contributed by atoms with van der Waals surface area (Å²) in [5.41, 5.74) is 1.56. The summed E-state index contributed by atoms with van der Waals surface area (Å²) in [4.78, 5) is 32.0. The lowest BCUT2D eigenvalue weighted by Crippen LogP contribution is -2.48. The highest BCUT2D eigenvalue weighted by Gasteiger charge is 2.42. The number of benzene rings is 2. The van der Waals surface area contributed by atoms with E-state index < -0.39 is 29.0 Å². The summed E-state index contributed by atoms with van der Waals surface area (Å²) in [6, 6.07) is 16.1.